The van der Waals surface area contributed by atoms with Crippen LogP contribution in [0.4, 0.5) is 10.1 Å². The summed E-state index contributed by atoms with van der Waals surface area (Å²) in [7, 11) is 6.42. The number of hydrogen-bond acceptors (Lipinski definition) is 6. The molecule has 7 nitrogen and oxygen atoms in total. The number of benzene rings is 2. The standard InChI is InChI=1S/C22H23FN2O4.C4H10O.2C3H6/c1-5-6-22(26)25(2)14-7-8-19(16(23)11-14)29-18-9-10-24-17-13-21(28-4)20(27-3)12-15(17)18;1-3-4-5-2;2*1-3-2/h7-13H,5-6H2,1-4H3;3-4H2,1-2H3;2*3H,1H2,2H3. The summed E-state index contributed by atoms with van der Waals surface area (Å²) in [6.07, 6.45) is 7.34. The maximum Gasteiger partial charge on any atom is 0.226 e. The zero-order valence-electron chi connectivity index (χ0n) is 25.3. The first-order valence-electron chi connectivity index (χ1n) is 13.1. The van der Waals surface area contributed by atoms with Gasteiger partial charge in [-0.15, -0.1) is 13.2 Å². The van der Waals surface area contributed by atoms with Crippen LogP contribution in [-0.2, 0) is 9.53 Å². The zero-order chi connectivity index (χ0) is 30.5. The molecule has 2 aromatic carbocycles. The van der Waals surface area contributed by atoms with Crippen LogP contribution in [0.2, 0.25) is 0 Å². The molecule has 0 radical (unpaired) electrons. The largest absolute Gasteiger partial charge is 0.493 e. The van der Waals surface area contributed by atoms with E-state index in [9.17, 15) is 9.18 Å². The number of carbonyl (C=O) groups is 1. The summed E-state index contributed by atoms with van der Waals surface area (Å²) >= 11 is 0. The second kappa shape index (κ2) is 21.0. The number of rotatable bonds is 9. The molecule has 0 atom stereocenters. The van der Waals surface area contributed by atoms with Crippen molar-refractivity contribution in [2.75, 3.05) is 39.9 Å². The van der Waals surface area contributed by atoms with Gasteiger partial charge >= 0.3 is 0 Å². The molecular formula is C32H45FN2O5. The quantitative estimate of drug-likeness (QED) is 0.247. The Morgan fingerprint density at radius 1 is 0.925 bits per heavy atom. The van der Waals surface area contributed by atoms with Crippen molar-refractivity contribution in [2.45, 2.75) is 47.0 Å². The van der Waals surface area contributed by atoms with Crippen LogP contribution in [0.15, 0.2) is 67.9 Å². The monoisotopic (exact) mass is 556 g/mol. The summed E-state index contributed by atoms with van der Waals surface area (Å²) < 4.78 is 35.8. The van der Waals surface area contributed by atoms with E-state index in [1.807, 2.05) is 20.8 Å². The summed E-state index contributed by atoms with van der Waals surface area (Å²) in [5.74, 6) is 0.904. The minimum atomic E-state index is -0.566. The van der Waals surface area contributed by atoms with Crippen LogP contribution in [-0.4, -0.2) is 45.9 Å². The highest BCUT2D eigenvalue weighted by Crippen LogP contribution is 2.37. The van der Waals surface area contributed by atoms with Gasteiger partial charge in [0, 0.05) is 56.6 Å². The summed E-state index contributed by atoms with van der Waals surface area (Å²) in [5, 5.41) is 0.656. The summed E-state index contributed by atoms with van der Waals surface area (Å²) in [6, 6.07) is 9.56. The first-order valence-corrected chi connectivity index (χ1v) is 13.1. The smallest absolute Gasteiger partial charge is 0.226 e. The number of methoxy groups -OCH3 is 3. The molecule has 40 heavy (non-hydrogen) atoms. The third-order valence-corrected chi connectivity index (χ3v) is 4.98. The van der Waals surface area contributed by atoms with E-state index >= 15 is 0 Å². The second-order valence-corrected chi connectivity index (χ2v) is 8.26. The molecule has 1 aromatic heterocycles. The van der Waals surface area contributed by atoms with E-state index < -0.39 is 5.82 Å². The Kier molecular flexibility index (Phi) is 18.9. The molecule has 1 amide bonds. The number of aromatic nitrogens is 1. The number of halogens is 1. The molecule has 0 unspecified atom stereocenters. The molecule has 0 saturated heterocycles. The van der Waals surface area contributed by atoms with Crippen molar-refractivity contribution in [1.82, 2.24) is 4.98 Å². The van der Waals surface area contributed by atoms with Crippen LogP contribution in [0.5, 0.6) is 23.0 Å². The Morgan fingerprint density at radius 2 is 1.52 bits per heavy atom. The van der Waals surface area contributed by atoms with Gasteiger partial charge in [-0.1, -0.05) is 26.0 Å². The Bertz CT molecular complexity index is 1180. The van der Waals surface area contributed by atoms with Crippen LogP contribution in [0.25, 0.3) is 10.9 Å². The van der Waals surface area contributed by atoms with Gasteiger partial charge in [-0.3, -0.25) is 9.78 Å². The normalized spacial score (nSPS) is 9.43. The molecule has 220 valence electrons. The third kappa shape index (κ3) is 11.9. The molecule has 0 spiro atoms. The average Bonchev–Trinajstić information content (AvgIpc) is 2.95. The van der Waals surface area contributed by atoms with Gasteiger partial charge in [-0.05, 0) is 51.0 Å². The van der Waals surface area contributed by atoms with Crippen molar-refractivity contribution in [1.29, 1.82) is 0 Å². The fraction of sp³-hybridized carbons (Fsp3) is 0.375. The molecule has 8 heteroatoms. The minimum absolute atomic E-state index is 0.0485. The van der Waals surface area contributed by atoms with Crippen LogP contribution >= 0.6 is 0 Å². The van der Waals surface area contributed by atoms with E-state index in [0.29, 0.717) is 40.3 Å². The van der Waals surface area contributed by atoms with Gasteiger partial charge < -0.3 is 23.8 Å². The highest BCUT2D eigenvalue weighted by molar-refractivity contribution is 5.93. The Balaban J connectivity index is 0.00000119. The fourth-order valence-electron chi connectivity index (χ4n) is 3.17. The van der Waals surface area contributed by atoms with E-state index in [1.54, 1.807) is 63.9 Å². The number of nitrogens with zero attached hydrogens (tertiary/aromatic N) is 2. The van der Waals surface area contributed by atoms with Gasteiger partial charge in [0.15, 0.2) is 23.1 Å². The number of hydrogen-bond donors (Lipinski definition) is 0. The predicted molar refractivity (Wildman–Crippen MR) is 164 cm³/mol. The molecule has 0 bridgehead atoms. The number of amides is 1. The van der Waals surface area contributed by atoms with Crippen molar-refractivity contribution < 1.29 is 28.1 Å². The minimum Gasteiger partial charge on any atom is -0.493 e. The van der Waals surface area contributed by atoms with Crippen molar-refractivity contribution in [3.8, 4) is 23.0 Å². The molecule has 1 heterocycles. The van der Waals surface area contributed by atoms with Crippen LogP contribution < -0.4 is 19.1 Å². The van der Waals surface area contributed by atoms with E-state index in [2.05, 4.69) is 25.1 Å². The van der Waals surface area contributed by atoms with Gasteiger partial charge in [-0.2, -0.15) is 0 Å². The van der Waals surface area contributed by atoms with E-state index in [4.69, 9.17) is 18.9 Å². The van der Waals surface area contributed by atoms with Gasteiger partial charge in [0.05, 0.1) is 19.7 Å². The van der Waals surface area contributed by atoms with E-state index in [-0.39, 0.29) is 11.7 Å². The lowest BCUT2D eigenvalue weighted by Gasteiger charge is -2.18. The first kappa shape index (κ1) is 36.1. The second-order valence-electron chi connectivity index (χ2n) is 8.26. The fourth-order valence-corrected chi connectivity index (χ4v) is 3.17. The highest BCUT2D eigenvalue weighted by atomic mass is 19.1. The van der Waals surface area contributed by atoms with Gasteiger partial charge in [0.2, 0.25) is 5.91 Å². The van der Waals surface area contributed by atoms with Crippen molar-refractivity contribution in [3.05, 3.63) is 73.7 Å². The number of pyridine rings is 1. The molecule has 0 aliphatic carbocycles. The lowest BCUT2D eigenvalue weighted by Crippen LogP contribution is -2.25. The Hall–Kier alpha value is -3.91. The van der Waals surface area contributed by atoms with Gasteiger partial charge in [0.1, 0.15) is 5.75 Å². The highest BCUT2D eigenvalue weighted by Gasteiger charge is 2.15. The topological polar surface area (TPSA) is 70.1 Å². The lowest BCUT2D eigenvalue weighted by atomic mass is 10.1. The SMILES string of the molecule is C=CC.C=CC.CCCC(=O)N(C)c1ccc(Oc2ccnc3cc(OC)c(OC)cc23)c(F)c1.CCCOC. The molecular weight excluding hydrogens is 511 g/mol. The summed E-state index contributed by atoms with van der Waals surface area (Å²) in [4.78, 5) is 17.8. The third-order valence-electron chi connectivity index (χ3n) is 4.98. The summed E-state index contributed by atoms with van der Waals surface area (Å²) in [5.41, 5.74) is 1.10. The number of ether oxygens (including phenoxy) is 4. The number of allylic oxidation sites excluding steroid dienone is 2. The van der Waals surface area contributed by atoms with Gasteiger partial charge in [0.25, 0.3) is 0 Å². The maximum atomic E-state index is 14.7. The lowest BCUT2D eigenvalue weighted by molar-refractivity contribution is -0.118. The van der Waals surface area contributed by atoms with Crippen LogP contribution in [0.3, 0.4) is 0 Å². The Morgan fingerprint density at radius 3 is 2.00 bits per heavy atom. The van der Waals surface area contributed by atoms with E-state index in [0.717, 1.165) is 19.4 Å². The molecule has 0 aliphatic heterocycles. The van der Waals surface area contributed by atoms with Crippen LogP contribution in [0.1, 0.15) is 47.0 Å². The number of fused-ring (bicyclic) bond motifs is 1. The van der Waals surface area contributed by atoms with Crippen molar-refractivity contribution in [2.24, 2.45) is 0 Å². The number of anilines is 1. The predicted octanol–water partition coefficient (Wildman–Crippen LogP) is 8.37. The van der Waals surface area contributed by atoms with Crippen LogP contribution in [0, 0.1) is 5.82 Å². The molecule has 3 aromatic rings. The molecule has 0 saturated carbocycles. The Labute approximate surface area is 239 Å². The first-order chi connectivity index (χ1) is 19.2. The molecule has 0 aliphatic rings. The van der Waals surface area contributed by atoms with Crippen molar-refractivity contribution in [3.63, 3.8) is 0 Å². The molecule has 3 rings (SSSR count). The molecule has 0 fully saturated rings. The van der Waals surface area contributed by atoms with Crippen molar-refractivity contribution >= 4 is 22.5 Å². The maximum absolute atomic E-state index is 14.7. The number of carbonyl (C=O) groups excluding carboxylic acids is 1. The van der Waals surface area contributed by atoms with E-state index in [1.165, 1.54) is 24.1 Å². The summed E-state index contributed by atoms with van der Waals surface area (Å²) in [6.45, 7) is 15.4. The molecule has 0 N–H and O–H groups in total. The van der Waals surface area contributed by atoms with Gasteiger partial charge in [-0.25, -0.2) is 4.39 Å². The average molecular weight is 557 g/mol. The zero-order valence-corrected chi connectivity index (χ0v) is 25.3.